The third-order valence-electron chi connectivity index (χ3n) is 3.73. The number of para-hydroxylation sites is 1. The van der Waals surface area contributed by atoms with E-state index in [9.17, 15) is 9.59 Å². The fourth-order valence-corrected chi connectivity index (χ4v) is 2.66. The van der Waals surface area contributed by atoms with Crippen LogP contribution in [0.4, 0.5) is 16.2 Å². The minimum Gasteiger partial charge on any atom is -0.324 e. The Morgan fingerprint density at radius 1 is 1.30 bits per heavy atom. The Kier molecular flexibility index (Phi) is 4.47. The molecule has 1 aliphatic rings. The predicted octanol–water partition coefficient (Wildman–Crippen LogP) is 2.56. The summed E-state index contributed by atoms with van der Waals surface area (Å²) in [5.41, 5.74) is 1.18. The fraction of sp³-hybridized carbons (Fsp3) is 0.267. The molecule has 0 bridgehead atoms. The lowest BCUT2D eigenvalue weighted by Crippen LogP contribution is -2.34. The Hall–Kier alpha value is -2.54. The van der Waals surface area contributed by atoms with Crippen LogP contribution in [0.2, 0.25) is 5.02 Å². The minimum absolute atomic E-state index is 0.112. The Bertz CT molecular complexity index is 704. The number of likely N-dealkylation sites (tertiary alicyclic amines) is 1. The van der Waals surface area contributed by atoms with Gasteiger partial charge in [-0.1, -0.05) is 23.7 Å². The van der Waals surface area contributed by atoms with Crippen molar-refractivity contribution in [2.24, 2.45) is 5.92 Å². The van der Waals surface area contributed by atoms with Gasteiger partial charge in [0.05, 0.1) is 28.5 Å². The lowest BCUT2D eigenvalue weighted by molar-refractivity contribution is -0.119. The lowest BCUT2D eigenvalue weighted by atomic mass is 10.1. The van der Waals surface area contributed by atoms with E-state index >= 15 is 0 Å². The summed E-state index contributed by atoms with van der Waals surface area (Å²) in [4.78, 5) is 26.0. The lowest BCUT2D eigenvalue weighted by Gasteiger charge is -2.17. The standard InChI is InChI=1S/C15H16ClN5O2/c16-12-3-1-2-4-13(12)20-15(23)21-6-5-10(9-21)14(22)19-11-7-17-18-8-11/h1-4,7-8,10H,5-6,9H2,(H,17,18)(H,19,22)(H,20,23). The van der Waals surface area contributed by atoms with Crippen molar-refractivity contribution >= 4 is 34.9 Å². The van der Waals surface area contributed by atoms with Gasteiger partial charge in [-0.2, -0.15) is 5.10 Å². The highest BCUT2D eigenvalue weighted by atomic mass is 35.5. The number of aromatic nitrogens is 2. The van der Waals surface area contributed by atoms with Gasteiger partial charge in [-0.15, -0.1) is 0 Å². The van der Waals surface area contributed by atoms with Crippen molar-refractivity contribution in [1.82, 2.24) is 15.1 Å². The Balaban J connectivity index is 1.55. The van der Waals surface area contributed by atoms with E-state index in [1.165, 1.54) is 6.20 Å². The van der Waals surface area contributed by atoms with E-state index in [1.54, 1.807) is 35.4 Å². The van der Waals surface area contributed by atoms with Crippen molar-refractivity contribution in [3.8, 4) is 0 Å². The first kappa shape index (κ1) is 15.4. The second-order valence-electron chi connectivity index (χ2n) is 5.32. The van der Waals surface area contributed by atoms with Crippen molar-refractivity contribution in [1.29, 1.82) is 0 Å². The van der Waals surface area contributed by atoms with E-state index in [0.29, 0.717) is 35.9 Å². The number of amides is 3. The number of aromatic amines is 1. The average Bonchev–Trinajstić information content (AvgIpc) is 3.20. The molecular weight excluding hydrogens is 318 g/mol. The fourth-order valence-electron chi connectivity index (χ4n) is 2.48. The SMILES string of the molecule is O=C(Nc1cn[nH]c1)C1CCN(C(=O)Nc2ccccc2Cl)C1. The molecule has 120 valence electrons. The van der Waals surface area contributed by atoms with Gasteiger partial charge < -0.3 is 15.5 Å². The number of benzene rings is 1. The highest BCUT2D eigenvalue weighted by Gasteiger charge is 2.31. The summed E-state index contributed by atoms with van der Waals surface area (Å²) in [7, 11) is 0. The molecule has 0 saturated carbocycles. The summed E-state index contributed by atoms with van der Waals surface area (Å²) < 4.78 is 0. The molecule has 3 amide bonds. The van der Waals surface area contributed by atoms with Crippen LogP contribution in [0, 0.1) is 5.92 Å². The number of carbonyl (C=O) groups is 2. The summed E-state index contributed by atoms with van der Waals surface area (Å²) in [5, 5.41) is 12.4. The topological polar surface area (TPSA) is 90.1 Å². The number of carbonyl (C=O) groups excluding carboxylic acids is 2. The van der Waals surface area contributed by atoms with E-state index < -0.39 is 0 Å². The van der Waals surface area contributed by atoms with Crippen LogP contribution in [-0.2, 0) is 4.79 Å². The second kappa shape index (κ2) is 6.70. The number of hydrogen-bond donors (Lipinski definition) is 3. The van der Waals surface area contributed by atoms with Gasteiger partial charge in [0.1, 0.15) is 0 Å². The summed E-state index contributed by atoms with van der Waals surface area (Å²) >= 11 is 6.03. The number of H-pyrrole nitrogens is 1. The Labute approximate surface area is 138 Å². The first-order chi connectivity index (χ1) is 11.1. The number of anilines is 2. The van der Waals surface area contributed by atoms with Gasteiger partial charge in [-0.3, -0.25) is 9.89 Å². The monoisotopic (exact) mass is 333 g/mol. The van der Waals surface area contributed by atoms with Gasteiger partial charge in [-0.05, 0) is 18.6 Å². The summed E-state index contributed by atoms with van der Waals surface area (Å²) in [5.74, 6) is -0.346. The van der Waals surface area contributed by atoms with Crippen LogP contribution >= 0.6 is 11.6 Å². The molecule has 2 heterocycles. The van der Waals surface area contributed by atoms with Crippen LogP contribution in [-0.4, -0.2) is 40.1 Å². The molecule has 1 saturated heterocycles. The van der Waals surface area contributed by atoms with Gasteiger partial charge in [-0.25, -0.2) is 4.79 Å². The van der Waals surface area contributed by atoms with Crippen molar-refractivity contribution in [3.63, 3.8) is 0 Å². The quantitative estimate of drug-likeness (QED) is 0.806. The highest BCUT2D eigenvalue weighted by molar-refractivity contribution is 6.33. The molecule has 0 aliphatic carbocycles. The molecule has 1 aromatic heterocycles. The van der Waals surface area contributed by atoms with Crippen molar-refractivity contribution in [3.05, 3.63) is 41.7 Å². The van der Waals surface area contributed by atoms with Gasteiger partial charge in [0.15, 0.2) is 0 Å². The smallest absolute Gasteiger partial charge is 0.321 e. The van der Waals surface area contributed by atoms with Crippen LogP contribution in [0.1, 0.15) is 6.42 Å². The largest absolute Gasteiger partial charge is 0.324 e. The number of nitrogens with one attached hydrogen (secondary N) is 3. The maximum Gasteiger partial charge on any atom is 0.321 e. The van der Waals surface area contributed by atoms with Crippen LogP contribution in [0.5, 0.6) is 0 Å². The molecular formula is C15H16ClN5O2. The van der Waals surface area contributed by atoms with Crippen molar-refractivity contribution in [2.45, 2.75) is 6.42 Å². The molecule has 0 radical (unpaired) electrons. The molecule has 1 aliphatic heterocycles. The van der Waals surface area contributed by atoms with E-state index in [1.807, 2.05) is 0 Å². The molecule has 7 nitrogen and oxygen atoms in total. The molecule has 1 fully saturated rings. The maximum atomic E-state index is 12.3. The normalized spacial score (nSPS) is 17.1. The summed E-state index contributed by atoms with van der Waals surface area (Å²) in [6, 6.07) is 6.79. The van der Waals surface area contributed by atoms with Crippen LogP contribution in [0.15, 0.2) is 36.7 Å². The number of rotatable bonds is 3. The molecule has 1 aromatic carbocycles. The number of halogens is 1. The van der Waals surface area contributed by atoms with Crippen molar-refractivity contribution < 1.29 is 9.59 Å². The minimum atomic E-state index is -0.253. The first-order valence-corrected chi connectivity index (χ1v) is 7.61. The average molecular weight is 334 g/mol. The van der Waals surface area contributed by atoms with E-state index in [2.05, 4.69) is 20.8 Å². The van der Waals surface area contributed by atoms with Gasteiger partial charge in [0.25, 0.3) is 0 Å². The maximum absolute atomic E-state index is 12.3. The molecule has 23 heavy (non-hydrogen) atoms. The Morgan fingerprint density at radius 3 is 2.87 bits per heavy atom. The Morgan fingerprint density at radius 2 is 2.13 bits per heavy atom. The van der Waals surface area contributed by atoms with Gasteiger partial charge >= 0.3 is 6.03 Å². The molecule has 8 heteroatoms. The van der Waals surface area contributed by atoms with E-state index in [0.717, 1.165) is 0 Å². The molecule has 1 atom stereocenters. The zero-order valence-corrected chi connectivity index (χ0v) is 13.0. The van der Waals surface area contributed by atoms with Crippen LogP contribution < -0.4 is 10.6 Å². The van der Waals surface area contributed by atoms with Crippen LogP contribution in [0.3, 0.4) is 0 Å². The zero-order valence-electron chi connectivity index (χ0n) is 12.3. The second-order valence-corrected chi connectivity index (χ2v) is 5.73. The summed E-state index contributed by atoms with van der Waals surface area (Å²) in [6.45, 7) is 0.903. The van der Waals surface area contributed by atoms with E-state index in [-0.39, 0.29) is 17.9 Å². The number of urea groups is 1. The molecule has 1 unspecified atom stereocenters. The third-order valence-corrected chi connectivity index (χ3v) is 4.06. The number of hydrogen-bond acceptors (Lipinski definition) is 3. The molecule has 2 aromatic rings. The molecule has 0 spiro atoms. The third kappa shape index (κ3) is 3.62. The summed E-state index contributed by atoms with van der Waals surface area (Å²) in [6.07, 6.45) is 3.77. The molecule has 3 N–H and O–H groups in total. The van der Waals surface area contributed by atoms with Crippen molar-refractivity contribution in [2.75, 3.05) is 23.7 Å². The van der Waals surface area contributed by atoms with Gasteiger partial charge in [0, 0.05) is 19.3 Å². The van der Waals surface area contributed by atoms with Crippen LogP contribution in [0.25, 0.3) is 0 Å². The zero-order chi connectivity index (χ0) is 16.2. The molecule has 3 rings (SSSR count). The number of nitrogens with zero attached hydrogens (tertiary/aromatic N) is 2. The van der Waals surface area contributed by atoms with E-state index in [4.69, 9.17) is 11.6 Å². The highest BCUT2D eigenvalue weighted by Crippen LogP contribution is 2.23. The van der Waals surface area contributed by atoms with Gasteiger partial charge in [0.2, 0.25) is 5.91 Å². The first-order valence-electron chi connectivity index (χ1n) is 7.23. The predicted molar refractivity (Wildman–Crippen MR) is 87.4 cm³/mol.